The normalized spacial score (nSPS) is 17.1. The van der Waals surface area contributed by atoms with Crippen molar-refractivity contribution in [3.8, 4) is 0 Å². The maximum Gasteiger partial charge on any atom is 0.419 e. The van der Waals surface area contributed by atoms with Crippen LogP contribution >= 0.6 is 0 Å². The van der Waals surface area contributed by atoms with Gasteiger partial charge in [0.25, 0.3) is 6.02 Å². The van der Waals surface area contributed by atoms with Crippen molar-refractivity contribution in [2.24, 2.45) is 10.7 Å². The van der Waals surface area contributed by atoms with E-state index in [4.69, 9.17) is 10.5 Å². The molecule has 0 aliphatic carbocycles. The number of aromatic nitrogens is 2. The number of nitrogens with two attached hydrogens (primary N) is 1. The molecule has 0 radical (unpaired) electrons. The first-order valence-electron chi connectivity index (χ1n) is 7.61. The van der Waals surface area contributed by atoms with Gasteiger partial charge in [0.05, 0.1) is 11.6 Å². The minimum Gasteiger partial charge on any atom is -0.463 e. The van der Waals surface area contributed by atoms with Gasteiger partial charge in [0.2, 0.25) is 5.95 Å². The van der Waals surface area contributed by atoms with Gasteiger partial charge in [-0.05, 0) is 30.5 Å². The quantitative estimate of drug-likeness (QED) is 0.865. The number of amidine groups is 1. The van der Waals surface area contributed by atoms with Crippen LogP contribution in [0.25, 0.3) is 0 Å². The molecule has 0 amide bonds. The fourth-order valence-electron chi connectivity index (χ4n) is 2.34. The Bertz CT molecular complexity index is 744. The van der Waals surface area contributed by atoms with Crippen LogP contribution in [-0.2, 0) is 17.3 Å². The number of alkyl halides is 3. The SMILES string of the molecule is NC1=NC(CCc2ccc(Nc3ncc(C(F)(F)F)cn3)cc2)CO1. The maximum absolute atomic E-state index is 12.5. The molecule has 132 valence electrons. The Morgan fingerprint density at radius 1 is 1.16 bits per heavy atom. The highest BCUT2D eigenvalue weighted by molar-refractivity contribution is 5.73. The Morgan fingerprint density at radius 3 is 2.40 bits per heavy atom. The molecule has 6 nitrogen and oxygen atoms in total. The number of hydrogen-bond donors (Lipinski definition) is 2. The highest BCUT2D eigenvalue weighted by atomic mass is 19.4. The number of aliphatic imine (C=N–C) groups is 1. The third kappa shape index (κ3) is 4.59. The minimum absolute atomic E-state index is 0.0818. The van der Waals surface area contributed by atoms with E-state index in [1.165, 1.54) is 0 Å². The van der Waals surface area contributed by atoms with Crippen LogP contribution in [0.2, 0.25) is 0 Å². The monoisotopic (exact) mass is 351 g/mol. The highest BCUT2D eigenvalue weighted by Gasteiger charge is 2.31. The van der Waals surface area contributed by atoms with Crippen molar-refractivity contribution in [2.45, 2.75) is 25.1 Å². The predicted molar refractivity (Wildman–Crippen MR) is 86.4 cm³/mol. The smallest absolute Gasteiger partial charge is 0.419 e. The van der Waals surface area contributed by atoms with Crippen LogP contribution in [0, 0.1) is 0 Å². The van der Waals surface area contributed by atoms with E-state index in [1.54, 1.807) is 0 Å². The molecule has 1 aromatic carbocycles. The first kappa shape index (κ1) is 17.0. The van der Waals surface area contributed by atoms with E-state index >= 15 is 0 Å². The molecule has 0 bridgehead atoms. The summed E-state index contributed by atoms with van der Waals surface area (Å²) in [4.78, 5) is 11.5. The number of benzene rings is 1. The van der Waals surface area contributed by atoms with Crippen LogP contribution in [0.15, 0.2) is 41.7 Å². The van der Waals surface area contributed by atoms with Crippen molar-refractivity contribution in [3.63, 3.8) is 0 Å². The van der Waals surface area contributed by atoms with E-state index in [2.05, 4.69) is 20.3 Å². The zero-order chi connectivity index (χ0) is 17.9. The second kappa shape index (κ2) is 6.96. The number of anilines is 2. The largest absolute Gasteiger partial charge is 0.463 e. The summed E-state index contributed by atoms with van der Waals surface area (Å²) < 4.78 is 42.5. The molecular formula is C16H16F3N5O. The number of ether oxygens (including phenoxy) is 1. The van der Waals surface area contributed by atoms with Gasteiger partial charge in [0, 0.05) is 18.1 Å². The summed E-state index contributed by atoms with van der Waals surface area (Å²) in [6.07, 6.45) is -1.30. The fourth-order valence-corrected chi connectivity index (χ4v) is 2.34. The molecule has 0 spiro atoms. The topological polar surface area (TPSA) is 85.4 Å². The van der Waals surface area contributed by atoms with Crippen molar-refractivity contribution in [3.05, 3.63) is 47.8 Å². The number of rotatable bonds is 5. The fraction of sp³-hybridized carbons (Fsp3) is 0.312. The number of nitrogens with one attached hydrogen (secondary N) is 1. The van der Waals surface area contributed by atoms with Gasteiger partial charge in [-0.15, -0.1) is 0 Å². The lowest BCUT2D eigenvalue weighted by atomic mass is 10.1. The molecular weight excluding hydrogens is 335 g/mol. The lowest BCUT2D eigenvalue weighted by molar-refractivity contribution is -0.138. The van der Waals surface area contributed by atoms with Crippen molar-refractivity contribution in [2.75, 3.05) is 11.9 Å². The van der Waals surface area contributed by atoms with Gasteiger partial charge in [0.15, 0.2) is 0 Å². The molecule has 3 N–H and O–H groups in total. The van der Waals surface area contributed by atoms with Crippen LogP contribution in [0.1, 0.15) is 17.5 Å². The van der Waals surface area contributed by atoms with Gasteiger partial charge in [-0.1, -0.05) is 12.1 Å². The summed E-state index contributed by atoms with van der Waals surface area (Å²) in [5.74, 6) is 0.105. The van der Waals surface area contributed by atoms with Gasteiger partial charge in [-0.25, -0.2) is 15.0 Å². The first-order chi connectivity index (χ1) is 11.9. The standard InChI is InChI=1S/C16H16F3N5O/c17-16(18,19)11-7-21-15(22-8-11)24-12-4-1-10(2-5-12)3-6-13-9-25-14(20)23-13/h1-2,4-5,7-8,13H,3,6,9H2,(H2,20,23)(H,21,22,24). The van der Waals surface area contributed by atoms with E-state index in [-0.39, 0.29) is 18.0 Å². The maximum atomic E-state index is 12.5. The molecule has 2 heterocycles. The molecule has 0 fully saturated rings. The molecule has 1 atom stereocenters. The Kier molecular flexibility index (Phi) is 4.73. The Balaban J connectivity index is 1.55. The van der Waals surface area contributed by atoms with E-state index in [0.717, 1.165) is 30.8 Å². The molecule has 0 saturated heterocycles. The van der Waals surface area contributed by atoms with Gasteiger partial charge in [0.1, 0.15) is 6.61 Å². The van der Waals surface area contributed by atoms with E-state index in [1.807, 2.05) is 24.3 Å². The summed E-state index contributed by atoms with van der Waals surface area (Å²) in [5, 5.41) is 2.86. The Hall–Kier alpha value is -2.84. The molecule has 3 rings (SSSR count). The minimum atomic E-state index is -4.45. The van der Waals surface area contributed by atoms with Crippen molar-refractivity contribution < 1.29 is 17.9 Å². The van der Waals surface area contributed by atoms with Gasteiger partial charge in [-0.2, -0.15) is 13.2 Å². The van der Waals surface area contributed by atoms with Crippen LogP contribution < -0.4 is 11.1 Å². The third-order valence-electron chi connectivity index (χ3n) is 3.69. The van der Waals surface area contributed by atoms with Crippen LogP contribution in [-0.4, -0.2) is 28.6 Å². The molecule has 1 aliphatic rings. The molecule has 2 aromatic rings. The van der Waals surface area contributed by atoms with Gasteiger partial charge < -0.3 is 15.8 Å². The second-order valence-electron chi connectivity index (χ2n) is 5.59. The van der Waals surface area contributed by atoms with Crippen molar-refractivity contribution in [1.29, 1.82) is 0 Å². The van der Waals surface area contributed by atoms with Gasteiger partial charge in [-0.3, -0.25) is 0 Å². The molecule has 1 aliphatic heterocycles. The first-order valence-corrected chi connectivity index (χ1v) is 7.61. The summed E-state index contributed by atoms with van der Waals surface area (Å²) in [6, 6.07) is 7.81. The molecule has 1 unspecified atom stereocenters. The van der Waals surface area contributed by atoms with E-state index < -0.39 is 11.7 Å². The van der Waals surface area contributed by atoms with E-state index in [9.17, 15) is 13.2 Å². The highest BCUT2D eigenvalue weighted by Crippen LogP contribution is 2.28. The zero-order valence-electron chi connectivity index (χ0n) is 13.1. The average molecular weight is 351 g/mol. The van der Waals surface area contributed by atoms with Gasteiger partial charge >= 0.3 is 6.18 Å². The lowest BCUT2D eigenvalue weighted by Crippen LogP contribution is -2.10. The van der Waals surface area contributed by atoms with Crippen LogP contribution in [0.4, 0.5) is 24.8 Å². The Morgan fingerprint density at radius 2 is 1.84 bits per heavy atom. The predicted octanol–water partition coefficient (Wildman–Crippen LogP) is 2.89. The third-order valence-corrected chi connectivity index (χ3v) is 3.69. The van der Waals surface area contributed by atoms with Crippen molar-refractivity contribution in [1.82, 2.24) is 9.97 Å². The van der Waals surface area contributed by atoms with Crippen molar-refractivity contribution >= 4 is 17.7 Å². The number of hydrogen-bond acceptors (Lipinski definition) is 6. The summed E-state index contributed by atoms with van der Waals surface area (Å²) in [7, 11) is 0. The summed E-state index contributed by atoms with van der Waals surface area (Å²) in [6.45, 7) is 0.511. The second-order valence-corrected chi connectivity index (χ2v) is 5.59. The molecule has 1 aromatic heterocycles. The van der Waals surface area contributed by atoms with Crippen LogP contribution in [0.5, 0.6) is 0 Å². The molecule has 25 heavy (non-hydrogen) atoms. The lowest BCUT2D eigenvalue weighted by Gasteiger charge is -2.09. The number of aryl methyl sites for hydroxylation is 1. The number of nitrogens with zero attached hydrogens (tertiary/aromatic N) is 3. The average Bonchev–Trinajstić information content (AvgIpc) is 2.99. The zero-order valence-corrected chi connectivity index (χ0v) is 13.1. The summed E-state index contributed by atoms with van der Waals surface area (Å²) >= 11 is 0. The van der Waals surface area contributed by atoms with E-state index in [0.29, 0.717) is 12.3 Å². The summed E-state index contributed by atoms with van der Waals surface area (Å²) in [5.41, 5.74) is 6.38. The Labute approximate surface area is 142 Å². The molecule has 9 heteroatoms. The number of halogens is 3. The van der Waals surface area contributed by atoms with Crippen LogP contribution in [0.3, 0.4) is 0 Å². The molecule has 0 saturated carbocycles.